The van der Waals surface area contributed by atoms with Gasteiger partial charge in [0.25, 0.3) is 0 Å². The molecule has 1 N–H and O–H groups in total. The van der Waals surface area contributed by atoms with Gasteiger partial charge in [0.05, 0.1) is 0 Å². The van der Waals surface area contributed by atoms with Gasteiger partial charge in [-0.3, -0.25) is 9.88 Å². The molecule has 0 unspecified atom stereocenters. The topological polar surface area (TPSA) is 48.5 Å². The van der Waals surface area contributed by atoms with Crippen molar-refractivity contribution >= 4 is 6.03 Å². The fourth-order valence-electron chi connectivity index (χ4n) is 4.15. The zero-order valence-electron chi connectivity index (χ0n) is 15.8. The molecule has 5 heteroatoms. The zero-order valence-corrected chi connectivity index (χ0v) is 15.8. The van der Waals surface area contributed by atoms with Gasteiger partial charge in [0.1, 0.15) is 0 Å². The van der Waals surface area contributed by atoms with E-state index in [2.05, 4.69) is 45.5 Å². The Labute approximate surface area is 161 Å². The number of nitrogens with zero attached hydrogens (tertiary/aromatic N) is 3. The molecule has 1 saturated carbocycles. The average Bonchev–Trinajstić information content (AvgIpc) is 3.23. The van der Waals surface area contributed by atoms with Gasteiger partial charge >= 0.3 is 6.03 Å². The van der Waals surface area contributed by atoms with Crippen LogP contribution in [0.25, 0.3) is 11.1 Å². The van der Waals surface area contributed by atoms with Crippen molar-refractivity contribution in [2.24, 2.45) is 0 Å². The van der Waals surface area contributed by atoms with E-state index < -0.39 is 0 Å². The van der Waals surface area contributed by atoms with E-state index in [1.165, 1.54) is 24.0 Å². The summed E-state index contributed by atoms with van der Waals surface area (Å²) in [6.07, 6.45) is 8.49. The van der Waals surface area contributed by atoms with E-state index in [1.54, 1.807) is 0 Å². The average molecular weight is 364 g/mol. The number of hydrogen-bond acceptors (Lipinski definition) is 3. The maximum absolute atomic E-state index is 12.4. The Morgan fingerprint density at radius 2 is 1.81 bits per heavy atom. The van der Waals surface area contributed by atoms with E-state index in [9.17, 15) is 4.79 Å². The van der Waals surface area contributed by atoms with Crippen LogP contribution in [0.4, 0.5) is 4.79 Å². The molecule has 1 aromatic carbocycles. The number of carbonyl (C=O) groups excluding carboxylic acids is 1. The number of aromatic nitrogens is 1. The number of rotatable bonds is 4. The standard InChI is InChI=1S/C22H28N4O/c27-22(24-20-8-2-3-9-20)26-14-12-25(13-15-26)17-19-6-1-4-10-21(19)18-7-5-11-23-16-18/h1,4-7,10-11,16,20H,2-3,8-9,12-15,17H2,(H,24,27). The van der Waals surface area contributed by atoms with Gasteiger partial charge in [0.2, 0.25) is 0 Å². The summed E-state index contributed by atoms with van der Waals surface area (Å²) in [5.74, 6) is 0. The van der Waals surface area contributed by atoms with Crippen LogP contribution < -0.4 is 5.32 Å². The van der Waals surface area contributed by atoms with Crippen molar-refractivity contribution < 1.29 is 4.79 Å². The Morgan fingerprint density at radius 1 is 1.04 bits per heavy atom. The lowest BCUT2D eigenvalue weighted by Gasteiger charge is -2.35. The van der Waals surface area contributed by atoms with Gasteiger partial charge in [-0.05, 0) is 30.0 Å². The van der Waals surface area contributed by atoms with E-state index in [1.807, 2.05) is 23.4 Å². The van der Waals surface area contributed by atoms with Crippen molar-refractivity contribution in [3.63, 3.8) is 0 Å². The SMILES string of the molecule is O=C(NC1CCCC1)N1CCN(Cc2ccccc2-c2cccnc2)CC1. The third-order valence-electron chi connectivity index (χ3n) is 5.73. The first kappa shape index (κ1) is 18.0. The van der Waals surface area contributed by atoms with Gasteiger partial charge in [-0.1, -0.05) is 43.2 Å². The molecule has 0 bridgehead atoms. The van der Waals surface area contributed by atoms with Crippen LogP contribution in [0.2, 0.25) is 0 Å². The largest absolute Gasteiger partial charge is 0.335 e. The lowest BCUT2D eigenvalue weighted by Crippen LogP contribution is -2.52. The van der Waals surface area contributed by atoms with E-state index in [-0.39, 0.29) is 6.03 Å². The van der Waals surface area contributed by atoms with Gasteiger partial charge < -0.3 is 10.2 Å². The third-order valence-corrected chi connectivity index (χ3v) is 5.73. The molecule has 2 aliphatic rings. The second kappa shape index (κ2) is 8.53. The van der Waals surface area contributed by atoms with Gasteiger partial charge in [-0.25, -0.2) is 4.79 Å². The Bertz CT molecular complexity index is 750. The molecule has 5 nitrogen and oxygen atoms in total. The minimum atomic E-state index is 0.123. The molecular weight excluding hydrogens is 336 g/mol. The molecule has 1 aliphatic carbocycles. The monoisotopic (exact) mass is 364 g/mol. The second-order valence-electron chi connectivity index (χ2n) is 7.59. The van der Waals surface area contributed by atoms with Gasteiger partial charge in [0, 0.05) is 56.7 Å². The fraction of sp³-hybridized carbons (Fsp3) is 0.455. The molecular formula is C22H28N4O. The quantitative estimate of drug-likeness (QED) is 0.903. The molecule has 1 saturated heterocycles. The smallest absolute Gasteiger partial charge is 0.317 e. The van der Waals surface area contributed by atoms with E-state index in [0.717, 1.165) is 51.1 Å². The maximum atomic E-state index is 12.4. The Morgan fingerprint density at radius 3 is 2.56 bits per heavy atom. The highest BCUT2D eigenvalue weighted by Crippen LogP contribution is 2.24. The molecule has 0 atom stereocenters. The number of benzene rings is 1. The molecule has 142 valence electrons. The minimum Gasteiger partial charge on any atom is -0.335 e. The van der Waals surface area contributed by atoms with E-state index >= 15 is 0 Å². The van der Waals surface area contributed by atoms with Gasteiger partial charge in [-0.15, -0.1) is 0 Å². The molecule has 4 rings (SSSR count). The number of urea groups is 1. The summed E-state index contributed by atoms with van der Waals surface area (Å²) in [6, 6.07) is 13.1. The first-order valence-corrected chi connectivity index (χ1v) is 10.1. The molecule has 2 aromatic rings. The summed E-state index contributed by atoms with van der Waals surface area (Å²) in [5, 5.41) is 3.21. The minimum absolute atomic E-state index is 0.123. The molecule has 1 aromatic heterocycles. The predicted molar refractivity (Wildman–Crippen MR) is 107 cm³/mol. The summed E-state index contributed by atoms with van der Waals surface area (Å²) in [6.45, 7) is 4.34. The lowest BCUT2D eigenvalue weighted by atomic mass is 10.0. The first-order valence-electron chi connectivity index (χ1n) is 10.1. The lowest BCUT2D eigenvalue weighted by molar-refractivity contribution is 0.133. The van der Waals surface area contributed by atoms with Gasteiger partial charge in [-0.2, -0.15) is 0 Å². The van der Waals surface area contributed by atoms with Crippen molar-refractivity contribution in [3.8, 4) is 11.1 Å². The van der Waals surface area contributed by atoms with Crippen LogP contribution in [0.3, 0.4) is 0 Å². The number of pyridine rings is 1. The van der Waals surface area contributed by atoms with Gasteiger partial charge in [0.15, 0.2) is 0 Å². The van der Waals surface area contributed by atoms with Crippen molar-refractivity contribution in [1.29, 1.82) is 0 Å². The summed E-state index contributed by atoms with van der Waals surface area (Å²) in [4.78, 5) is 21.1. The molecule has 2 amide bonds. The summed E-state index contributed by atoms with van der Waals surface area (Å²) < 4.78 is 0. The summed E-state index contributed by atoms with van der Waals surface area (Å²) >= 11 is 0. The fourth-order valence-corrected chi connectivity index (χ4v) is 4.15. The third kappa shape index (κ3) is 4.48. The highest BCUT2D eigenvalue weighted by atomic mass is 16.2. The summed E-state index contributed by atoms with van der Waals surface area (Å²) in [5.41, 5.74) is 3.71. The molecule has 0 spiro atoms. The van der Waals surface area contributed by atoms with Crippen molar-refractivity contribution in [2.75, 3.05) is 26.2 Å². The van der Waals surface area contributed by atoms with Crippen molar-refractivity contribution in [3.05, 3.63) is 54.4 Å². The molecule has 1 aliphatic heterocycles. The van der Waals surface area contributed by atoms with Crippen LogP contribution in [0.5, 0.6) is 0 Å². The Balaban J connectivity index is 1.34. The normalized spacial score (nSPS) is 18.6. The zero-order chi connectivity index (χ0) is 18.5. The first-order chi connectivity index (χ1) is 13.3. The van der Waals surface area contributed by atoms with Crippen molar-refractivity contribution in [2.45, 2.75) is 38.3 Å². The molecule has 2 heterocycles. The van der Waals surface area contributed by atoms with Crippen LogP contribution in [-0.2, 0) is 6.54 Å². The maximum Gasteiger partial charge on any atom is 0.317 e. The summed E-state index contributed by atoms with van der Waals surface area (Å²) in [7, 11) is 0. The van der Waals surface area contributed by atoms with Crippen LogP contribution >= 0.6 is 0 Å². The number of hydrogen-bond donors (Lipinski definition) is 1. The van der Waals surface area contributed by atoms with Crippen LogP contribution in [0.1, 0.15) is 31.2 Å². The van der Waals surface area contributed by atoms with Crippen LogP contribution in [-0.4, -0.2) is 53.0 Å². The van der Waals surface area contributed by atoms with Crippen LogP contribution in [0, 0.1) is 0 Å². The number of carbonyl (C=O) groups is 1. The number of piperazine rings is 1. The molecule has 0 radical (unpaired) electrons. The number of nitrogens with one attached hydrogen (secondary N) is 1. The Hall–Kier alpha value is -2.40. The highest BCUT2D eigenvalue weighted by Gasteiger charge is 2.24. The Kier molecular flexibility index (Phi) is 5.68. The van der Waals surface area contributed by atoms with E-state index in [4.69, 9.17) is 0 Å². The molecule has 27 heavy (non-hydrogen) atoms. The van der Waals surface area contributed by atoms with Crippen molar-refractivity contribution in [1.82, 2.24) is 20.1 Å². The predicted octanol–water partition coefficient (Wildman–Crippen LogP) is 3.52. The second-order valence-corrected chi connectivity index (χ2v) is 7.59. The highest BCUT2D eigenvalue weighted by molar-refractivity contribution is 5.74. The number of amides is 2. The molecule has 2 fully saturated rings. The van der Waals surface area contributed by atoms with E-state index in [0.29, 0.717) is 6.04 Å². The van der Waals surface area contributed by atoms with Crippen LogP contribution in [0.15, 0.2) is 48.8 Å².